The first-order valence-electron chi connectivity index (χ1n) is 16.9. The molecule has 0 saturated heterocycles. The van der Waals surface area contributed by atoms with Crippen LogP contribution in [0, 0.1) is 6.92 Å². The molecule has 0 saturated carbocycles. The summed E-state index contributed by atoms with van der Waals surface area (Å²) >= 11 is 0. The standard InChI is InChI=1S/C48H36N2/c1-5-8-14-37-29-41(20-19-32(37)4)47-46(40-26-25-34-15-9-10-16-38(34)30-40)49-48-44-31-39(36-23-21-35(22-24-36)33(7-3)13-6-2)27-28-42(44)43-17-11-12-18-45(43)50(47)48/h5-31H,1-3H2,4H3/b14-8-,33-13+. The molecule has 0 bridgehead atoms. The third-order valence-corrected chi connectivity index (χ3v) is 9.63. The van der Waals surface area contributed by atoms with Crippen molar-refractivity contribution in [3.63, 3.8) is 0 Å². The Kier molecular flexibility index (Phi) is 7.91. The first-order chi connectivity index (χ1) is 24.6. The first kappa shape index (κ1) is 30.8. The smallest absolute Gasteiger partial charge is 0.146 e. The van der Waals surface area contributed by atoms with Gasteiger partial charge < -0.3 is 0 Å². The number of hydrogen-bond acceptors (Lipinski definition) is 1. The van der Waals surface area contributed by atoms with Crippen molar-refractivity contribution < 1.29 is 0 Å². The highest BCUT2D eigenvalue weighted by Gasteiger charge is 2.22. The summed E-state index contributed by atoms with van der Waals surface area (Å²) in [6, 6.07) is 46.0. The molecule has 2 heteroatoms. The molecule has 0 radical (unpaired) electrons. The fourth-order valence-corrected chi connectivity index (χ4v) is 7.08. The van der Waals surface area contributed by atoms with E-state index in [1.54, 1.807) is 6.08 Å². The van der Waals surface area contributed by atoms with Crippen LogP contribution in [0.3, 0.4) is 0 Å². The molecular weight excluding hydrogens is 605 g/mol. The molecule has 6 aromatic carbocycles. The van der Waals surface area contributed by atoms with E-state index in [-0.39, 0.29) is 0 Å². The highest BCUT2D eigenvalue weighted by atomic mass is 15.0. The summed E-state index contributed by atoms with van der Waals surface area (Å²) in [5.41, 5.74) is 13.1. The van der Waals surface area contributed by atoms with Crippen molar-refractivity contribution >= 4 is 49.7 Å². The molecule has 0 spiro atoms. The molecule has 8 rings (SSSR count). The van der Waals surface area contributed by atoms with Gasteiger partial charge in [-0.3, -0.25) is 4.40 Å². The highest BCUT2D eigenvalue weighted by Crippen LogP contribution is 2.41. The van der Waals surface area contributed by atoms with Gasteiger partial charge in [0.25, 0.3) is 0 Å². The van der Waals surface area contributed by atoms with Gasteiger partial charge >= 0.3 is 0 Å². The van der Waals surface area contributed by atoms with E-state index in [9.17, 15) is 0 Å². The number of imidazole rings is 1. The Balaban J connectivity index is 1.44. The lowest BCUT2D eigenvalue weighted by Gasteiger charge is -2.14. The lowest BCUT2D eigenvalue weighted by Crippen LogP contribution is -1.95. The number of rotatable bonds is 8. The van der Waals surface area contributed by atoms with Gasteiger partial charge in [-0.25, -0.2) is 4.98 Å². The van der Waals surface area contributed by atoms with Crippen LogP contribution < -0.4 is 0 Å². The van der Waals surface area contributed by atoms with E-state index in [0.717, 1.165) is 66.9 Å². The average molecular weight is 641 g/mol. The van der Waals surface area contributed by atoms with Crippen molar-refractivity contribution in [1.82, 2.24) is 9.38 Å². The SMILES string of the molecule is C=C/C=C\c1cc(-c2c(-c3ccc4ccccc4c3)nc3c4cc(-c5ccc(/C(C=C)=C/C=C)cc5)ccc4c4ccccc4n23)ccc1C. The summed E-state index contributed by atoms with van der Waals surface area (Å²) < 4.78 is 2.37. The Hall–Kier alpha value is -6.51. The lowest BCUT2D eigenvalue weighted by molar-refractivity contribution is 1.27. The summed E-state index contributed by atoms with van der Waals surface area (Å²) in [6.45, 7) is 13.9. The molecular formula is C48H36N2. The Bertz CT molecular complexity index is 2700. The fraction of sp³-hybridized carbons (Fsp3) is 0.0208. The zero-order valence-corrected chi connectivity index (χ0v) is 28.1. The van der Waals surface area contributed by atoms with Crippen LogP contribution in [0.4, 0.5) is 0 Å². The number of pyridine rings is 1. The molecule has 2 heterocycles. The summed E-state index contributed by atoms with van der Waals surface area (Å²) in [4.78, 5) is 5.56. The third-order valence-electron chi connectivity index (χ3n) is 9.63. The maximum Gasteiger partial charge on any atom is 0.146 e. The zero-order chi connectivity index (χ0) is 34.2. The molecule has 0 fully saturated rings. The number of fused-ring (bicyclic) bond motifs is 7. The van der Waals surface area contributed by atoms with Gasteiger partial charge in [0.1, 0.15) is 5.65 Å². The van der Waals surface area contributed by atoms with Gasteiger partial charge in [0.15, 0.2) is 0 Å². The second-order valence-electron chi connectivity index (χ2n) is 12.6. The van der Waals surface area contributed by atoms with E-state index in [2.05, 4.69) is 165 Å². The highest BCUT2D eigenvalue weighted by molar-refractivity contribution is 6.14. The molecule has 0 aliphatic heterocycles. The van der Waals surface area contributed by atoms with Crippen molar-refractivity contribution in [2.75, 3.05) is 0 Å². The average Bonchev–Trinajstić information content (AvgIpc) is 3.58. The predicted molar refractivity (Wildman–Crippen MR) is 216 cm³/mol. The molecule has 0 aliphatic carbocycles. The summed E-state index contributed by atoms with van der Waals surface area (Å²) in [5, 5.41) is 5.87. The van der Waals surface area contributed by atoms with Crippen LogP contribution in [0.2, 0.25) is 0 Å². The second kappa shape index (κ2) is 12.8. The molecule has 0 aliphatic rings. The van der Waals surface area contributed by atoms with E-state index in [1.807, 2.05) is 24.3 Å². The molecule has 0 unspecified atom stereocenters. The monoisotopic (exact) mass is 640 g/mol. The largest absolute Gasteiger partial charge is 0.291 e. The van der Waals surface area contributed by atoms with Crippen LogP contribution in [0.15, 0.2) is 178 Å². The van der Waals surface area contributed by atoms with Crippen LogP contribution in [0.5, 0.6) is 0 Å². The first-order valence-corrected chi connectivity index (χ1v) is 16.9. The summed E-state index contributed by atoms with van der Waals surface area (Å²) in [7, 11) is 0. The second-order valence-corrected chi connectivity index (χ2v) is 12.6. The summed E-state index contributed by atoms with van der Waals surface area (Å²) in [6.07, 6.45) is 11.6. The Morgan fingerprint density at radius 1 is 0.620 bits per heavy atom. The quantitative estimate of drug-likeness (QED) is 0.119. The van der Waals surface area contributed by atoms with Gasteiger partial charge in [0, 0.05) is 21.9 Å². The van der Waals surface area contributed by atoms with Gasteiger partial charge in [-0.15, -0.1) is 0 Å². The van der Waals surface area contributed by atoms with Crippen LogP contribution in [-0.2, 0) is 0 Å². The predicted octanol–water partition coefficient (Wildman–Crippen LogP) is 13.1. The van der Waals surface area contributed by atoms with Crippen LogP contribution in [0.25, 0.3) is 83.4 Å². The van der Waals surface area contributed by atoms with Gasteiger partial charge in [0.2, 0.25) is 0 Å². The van der Waals surface area contributed by atoms with Crippen molar-refractivity contribution in [1.29, 1.82) is 0 Å². The van der Waals surface area contributed by atoms with Crippen molar-refractivity contribution in [3.05, 3.63) is 194 Å². The zero-order valence-electron chi connectivity index (χ0n) is 28.1. The Morgan fingerprint density at radius 3 is 2.16 bits per heavy atom. The maximum atomic E-state index is 5.56. The molecule has 0 atom stereocenters. The lowest BCUT2D eigenvalue weighted by atomic mass is 9.97. The normalized spacial score (nSPS) is 12.0. The number of aryl methyl sites for hydroxylation is 1. The Morgan fingerprint density at radius 2 is 1.36 bits per heavy atom. The summed E-state index contributed by atoms with van der Waals surface area (Å²) in [5.74, 6) is 0. The molecule has 2 nitrogen and oxygen atoms in total. The van der Waals surface area contributed by atoms with E-state index >= 15 is 0 Å². The molecule has 0 N–H and O–H groups in total. The molecule has 238 valence electrons. The van der Waals surface area contributed by atoms with Crippen LogP contribution in [0.1, 0.15) is 16.7 Å². The van der Waals surface area contributed by atoms with Crippen LogP contribution >= 0.6 is 0 Å². The topological polar surface area (TPSA) is 17.3 Å². The Labute approximate surface area is 293 Å². The fourth-order valence-electron chi connectivity index (χ4n) is 7.08. The number of para-hydroxylation sites is 1. The van der Waals surface area contributed by atoms with E-state index < -0.39 is 0 Å². The van der Waals surface area contributed by atoms with E-state index in [4.69, 9.17) is 4.98 Å². The van der Waals surface area contributed by atoms with Crippen molar-refractivity contribution in [2.24, 2.45) is 0 Å². The van der Waals surface area contributed by atoms with Gasteiger partial charge in [0.05, 0.1) is 16.9 Å². The number of nitrogens with zero attached hydrogens (tertiary/aromatic N) is 2. The molecule has 50 heavy (non-hydrogen) atoms. The molecule has 2 aromatic heterocycles. The third kappa shape index (κ3) is 5.28. The van der Waals surface area contributed by atoms with Crippen molar-refractivity contribution in [3.8, 4) is 33.6 Å². The van der Waals surface area contributed by atoms with Gasteiger partial charge in [-0.1, -0.05) is 159 Å². The minimum atomic E-state index is 0.932. The number of allylic oxidation sites excluding steroid dienone is 6. The van der Waals surface area contributed by atoms with Crippen LogP contribution in [-0.4, -0.2) is 9.38 Å². The minimum Gasteiger partial charge on any atom is -0.291 e. The molecule has 0 amide bonds. The maximum absolute atomic E-state index is 5.56. The minimum absolute atomic E-state index is 0.932. The van der Waals surface area contributed by atoms with E-state index in [0.29, 0.717) is 0 Å². The number of hydrogen-bond donors (Lipinski definition) is 0. The van der Waals surface area contributed by atoms with Crippen molar-refractivity contribution in [2.45, 2.75) is 6.92 Å². The van der Waals surface area contributed by atoms with Gasteiger partial charge in [-0.2, -0.15) is 0 Å². The number of aromatic nitrogens is 2. The van der Waals surface area contributed by atoms with E-state index in [1.165, 1.54) is 27.1 Å². The van der Waals surface area contributed by atoms with Gasteiger partial charge in [-0.05, 0) is 80.7 Å². The molecule has 8 aromatic rings. The number of benzene rings is 6.